The van der Waals surface area contributed by atoms with Gasteiger partial charge in [0.1, 0.15) is 0 Å². The van der Waals surface area contributed by atoms with Crippen LogP contribution in [0.5, 0.6) is 5.75 Å². The van der Waals surface area contributed by atoms with Gasteiger partial charge in [-0.2, -0.15) is 0 Å². The molecule has 0 aromatic heterocycles. The van der Waals surface area contributed by atoms with Gasteiger partial charge < -0.3 is 12.4 Å². The molecule has 0 saturated heterocycles. The molecule has 0 aliphatic carbocycles. The van der Waals surface area contributed by atoms with Gasteiger partial charge in [-0.15, -0.1) is 0 Å². The summed E-state index contributed by atoms with van der Waals surface area (Å²) in [6.07, 6.45) is 0. The van der Waals surface area contributed by atoms with Crippen LogP contribution >= 0.6 is 10.4 Å². The molecule has 2 N–H and O–H groups in total. The van der Waals surface area contributed by atoms with Crippen LogP contribution in [0.15, 0.2) is 18.2 Å². The topological polar surface area (TPSA) is 25.8 Å². The molecule has 0 amide bonds. The Bertz CT molecular complexity index is 284. The predicted molar refractivity (Wildman–Crippen MR) is 47.6 cm³/mol. The van der Waals surface area contributed by atoms with E-state index in [1.807, 2.05) is 16.4 Å². The van der Waals surface area contributed by atoms with Crippen LogP contribution in [0.3, 0.4) is 0 Å². The van der Waals surface area contributed by atoms with Gasteiger partial charge in [-0.3, -0.25) is 0 Å². The van der Waals surface area contributed by atoms with E-state index in [2.05, 4.69) is 16.9 Å². The van der Waals surface area contributed by atoms with Crippen LogP contribution in [0.1, 0.15) is 0 Å². The quantitative estimate of drug-likeness (QED) is 0.330. The zero-order valence-electron chi connectivity index (χ0n) is 6.41. The van der Waals surface area contributed by atoms with E-state index in [1.165, 1.54) is 10.1 Å². The second-order valence-corrected chi connectivity index (χ2v) is 5.98. The molecule has 0 atom stereocenters. The number of benzene rings is 1. The molecule has 12 heavy (non-hydrogen) atoms. The number of ether oxygens (including phenoxy) is 1. The molecule has 1 aliphatic rings. The molecular weight excluding hydrogens is 261 g/mol. The van der Waals surface area contributed by atoms with E-state index in [0.717, 1.165) is 5.75 Å². The number of nitrogens with two attached hydrogens (primary N) is 1. The van der Waals surface area contributed by atoms with Gasteiger partial charge in [0.05, 0.1) is 0 Å². The summed E-state index contributed by atoms with van der Waals surface area (Å²) in [5.41, 5.74) is 1.37. The summed E-state index contributed by atoms with van der Waals surface area (Å²) < 4.78 is 8.79. The number of hydrogen-bond acceptors (Lipinski definition) is 2. The molecule has 5 heteroatoms. The third-order valence-corrected chi connectivity index (χ3v) is 5.24. The zero-order valence-corrected chi connectivity index (χ0v) is 9.70. The molecule has 0 saturated carbocycles. The van der Waals surface area contributed by atoms with Gasteiger partial charge in [0, 0.05) is 0 Å². The summed E-state index contributed by atoms with van der Waals surface area (Å²) >= 11 is 0.573. The molecule has 1 aromatic rings. The monoisotopic (exact) mass is 269 g/mol. The van der Waals surface area contributed by atoms with E-state index in [-0.39, 0.29) is 12.4 Å². The first kappa shape index (κ1) is 10.2. The second-order valence-electron chi connectivity index (χ2n) is 2.20. The number of halogens is 1. The van der Waals surface area contributed by atoms with E-state index in [0.29, 0.717) is 13.8 Å². The average molecular weight is 269 g/mol. The molecule has 1 aromatic carbocycles. The van der Waals surface area contributed by atoms with Crippen LogP contribution in [0.4, 0.5) is 5.69 Å². The van der Waals surface area contributed by atoms with E-state index < -0.39 is 0 Å². The molecule has 66 valence electrons. The molecule has 2 rings (SSSR count). The Morgan fingerprint density at radius 2 is 2.33 bits per heavy atom. The molecule has 1 aliphatic heterocycles. The van der Waals surface area contributed by atoms with Crippen molar-refractivity contribution < 1.29 is 21.9 Å². The van der Waals surface area contributed by atoms with Crippen molar-refractivity contribution in [2.75, 3.05) is 7.11 Å². The maximum Gasteiger partial charge on any atom is -1.00 e. The van der Waals surface area contributed by atoms with Crippen molar-refractivity contribution >= 4 is 34.4 Å². The molecule has 2 nitrogen and oxygen atoms in total. The van der Waals surface area contributed by atoms with Gasteiger partial charge in [0.2, 0.25) is 0 Å². The van der Waals surface area contributed by atoms with Crippen LogP contribution in [-0.2, 0) is 0 Å². The van der Waals surface area contributed by atoms with Gasteiger partial charge in [-0.05, 0) is 0 Å². The summed E-state index contributed by atoms with van der Waals surface area (Å²) in [7, 11) is 3.61. The molecule has 0 radical (unpaired) electrons. The van der Waals surface area contributed by atoms with Crippen LogP contribution in [-0.4, -0.2) is 20.9 Å². The Kier molecular flexibility index (Phi) is 3.75. The summed E-state index contributed by atoms with van der Waals surface area (Å²) in [6, 6.07) is 6.26. The third-order valence-electron chi connectivity index (χ3n) is 1.53. The smallest absolute Gasteiger partial charge is 1.00 e. The largest absolute Gasteiger partial charge is 1.00 e. The van der Waals surface area contributed by atoms with Crippen molar-refractivity contribution in [2.45, 2.75) is 0 Å². The maximum absolute atomic E-state index is 5.13. The van der Waals surface area contributed by atoms with Gasteiger partial charge in [-0.25, -0.2) is 0 Å². The third kappa shape index (κ3) is 1.90. The van der Waals surface area contributed by atoms with Crippen molar-refractivity contribution in [3.63, 3.8) is 0 Å². The Labute approximate surface area is 87.2 Å². The molecule has 0 bridgehead atoms. The van der Waals surface area contributed by atoms with Gasteiger partial charge in [0.15, 0.2) is 0 Å². The van der Waals surface area contributed by atoms with E-state index in [9.17, 15) is 0 Å². The minimum atomic E-state index is 0. The standard InChI is InChI=1S/C7H7NOSSe.ClH/c1-9-5-2-3-6-7(4-5)11-10-8-6;/h2-4,8H,1H3;1H. The van der Waals surface area contributed by atoms with Crippen LogP contribution in [0, 0.1) is 0 Å². The van der Waals surface area contributed by atoms with Crippen molar-refractivity contribution in [1.29, 1.82) is 0 Å². The van der Waals surface area contributed by atoms with E-state index in [4.69, 9.17) is 4.74 Å². The summed E-state index contributed by atoms with van der Waals surface area (Å²) in [6.45, 7) is 0. The minimum absolute atomic E-state index is 0. The van der Waals surface area contributed by atoms with Crippen molar-refractivity contribution in [3.8, 4) is 5.75 Å². The first-order valence-corrected chi connectivity index (χ1v) is 7.00. The normalized spacial score (nSPS) is 13.4. The first-order chi connectivity index (χ1) is 5.40. The van der Waals surface area contributed by atoms with Crippen molar-refractivity contribution in [3.05, 3.63) is 18.2 Å². The zero-order chi connectivity index (χ0) is 7.68. The number of fused-ring (bicyclic) bond motifs is 1. The Morgan fingerprint density at radius 3 is 3.08 bits per heavy atom. The molecule has 0 spiro atoms. The van der Waals surface area contributed by atoms with E-state index in [1.54, 1.807) is 7.11 Å². The number of rotatable bonds is 1. The molecule has 0 fully saturated rings. The van der Waals surface area contributed by atoms with Crippen molar-refractivity contribution in [1.82, 2.24) is 0 Å². The molecular formula is C7H8ClNOSSe. The second kappa shape index (κ2) is 4.40. The molecule has 0 unspecified atom stereocenters. The SMILES string of the molecule is COc1ccc2c(c1)[Se]S[NH2+]2.[Cl-]. The maximum atomic E-state index is 5.13. The fourth-order valence-electron chi connectivity index (χ4n) is 0.939. The van der Waals surface area contributed by atoms with Gasteiger partial charge in [-0.1, -0.05) is 0 Å². The number of hydrogen-bond donors (Lipinski definition) is 1. The number of quaternary nitrogens is 1. The summed E-state index contributed by atoms with van der Waals surface area (Å²) in [5.74, 6) is 0.974. The Hall–Kier alpha value is 0.139. The van der Waals surface area contributed by atoms with Gasteiger partial charge >= 0.3 is 74.9 Å². The Morgan fingerprint density at radius 1 is 1.50 bits per heavy atom. The fourth-order valence-corrected chi connectivity index (χ4v) is 4.74. The first-order valence-electron chi connectivity index (χ1n) is 3.25. The predicted octanol–water partition coefficient (Wildman–Crippen LogP) is -3.20. The van der Waals surface area contributed by atoms with Crippen molar-refractivity contribution in [2.24, 2.45) is 0 Å². The minimum Gasteiger partial charge on any atom is -1.00 e. The average Bonchev–Trinajstić information content (AvgIpc) is 2.50. The van der Waals surface area contributed by atoms with Crippen LogP contribution in [0.2, 0.25) is 0 Å². The summed E-state index contributed by atoms with van der Waals surface area (Å²) in [4.78, 5) is 0. The van der Waals surface area contributed by atoms with Crippen LogP contribution < -0.4 is 26.3 Å². The fraction of sp³-hybridized carbons (Fsp3) is 0.143. The molecule has 1 heterocycles. The number of methoxy groups -OCH3 is 1. The summed E-state index contributed by atoms with van der Waals surface area (Å²) in [5, 5.41) is 0. The van der Waals surface area contributed by atoms with E-state index >= 15 is 0 Å². The van der Waals surface area contributed by atoms with Crippen LogP contribution in [0.25, 0.3) is 0 Å². The van der Waals surface area contributed by atoms with Gasteiger partial charge in [0.25, 0.3) is 0 Å². The Balaban J connectivity index is 0.000000720.